The number of halogens is 1. The van der Waals surface area contributed by atoms with Gasteiger partial charge in [0.15, 0.2) is 0 Å². The summed E-state index contributed by atoms with van der Waals surface area (Å²) >= 11 is 5.94. The highest BCUT2D eigenvalue weighted by Gasteiger charge is 2.34. The van der Waals surface area contributed by atoms with Crippen LogP contribution in [0.3, 0.4) is 0 Å². The summed E-state index contributed by atoms with van der Waals surface area (Å²) in [6, 6.07) is 8.68. The van der Waals surface area contributed by atoms with Crippen molar-refractivity contribution < 1.29 is 9.90 Å². The van der Waals surface area contributed by atoms with Crippen LogP contribution in [-0.4, -0.2) is 41.3 Å². The second-order valence-corrected chi connectivity index (χ2v) is 9.42. The van der Waals surface area contributed by atoms with E-state index in [-0.39, 0.29) is 6.04 Å². The van der Waals surface area contributed by atoms with Crippen LogP contribution < -0.4 is 5.32 Å². The van der Waals surface area contributed by atoms with Crippen LogP contribution in [0.2, 0.25) is 5.02 Å². The lowest BCUT2D eigenvalue weighted by molar-refractivity contribution is 0.114. The number of carbonyl (C=O) groups is 1. The van der Waals surface area contributed by atoms with Gasteiger partial charge in [-0.25, -0.2) is 4.79 Å². The lowest BCUT2D eigenvalue weighted by atomic mass is 9.89. The zero-order valence-corrected chi connectivity index (χ0v) is 18.4. The minimum absolute atomic E-state index is 0.111. The van der Waals surface area contributed by atoms with Gasteiger partial charge in [-0.3, -0.25) is 4.90 Å². The number of amides is 1. The molecule has 0 bridgehead atoms. The largest absolute Gasteiger partial charge is 0.465 e. The van der Waals surface area contributed by atoms with Crippen molar-refractivity contribution in [2.45, 2.75) is 89.1 Å². The van der Waals surface area contributed by atoms with E-state index in [0.717, 1.165) is 49.7 Å². The second-order valence-electron chi connectivity index (χ2n) is 8.99. The summed E-state index contributed by atoms with van der Waals surface area (Å²) in [6.07, 6.45) is 14.8. The van der Waals surface area contributed by atoms with E-state index < -0.39 is 6.09 Å². The predicted molar refractivity (Wildman–Crippen MR) is 120 cm³/mol. The number of piperidine rings is 1. The molecule has 1 aromatic carbocycles. The molecule has 1 saturated heterocycles. The Bertz CT molecular complexity index is 598. The maximum Gasteiger partial charge on any atom is 0.404 e. The van der Waals surface area contributed by atoms with E-state index >= 15 is 0 Å². The number of carboxylic acid groups (broad SMARTS) is 1. The second kappa shape index (κ2) is 11.8. The maximum atomic E-state index is 10.9. The zero-order chi connectivity index (χ0) is 20.5. The Morgan fingerprint density at radius 3 is 2.07 bits per heavy atom. The highest BCUT2D eigenvalue weighted by Crippen LogP contribution is 2.30. The molecule has 1 amide bonds. The van der Waals surface area contributed by atoms with E-state index in [0.29, 0.717) is 6.04 Å². The lowest BCUT2D eigenvalue weighted by Crippen LogP contribution is -2.50. The smallest absolute Gasteiger partial charge is 0.404 e. The van der Waals surface area contributed by atoms with Crippen molar-refractivity contribution in [3.05, 3.63) is 34.9 Å². The van der Waals surface area contributed by atoms with Crippen molar-refractivity contribution in [2.24, 2.45) is 5.92 Å². The molecule has 0 spiro atoms. The van der Waals surface area contributed by atoms with Gasteiger partial charge in [-0.1, -0.05) is 62.3 Å². The van der Waals surface area contributed by atoms with Gasteiger partial charge in [0, 0.05) is 17.1 Å². The first-order valence-electron chi connectivity index (χ1n) is 11.6. The summed E-state index contributed by atoms with van der Waals surface area (Å²) in [4.78, 5) is 13.4. The number of benzene rings is 1. The SMILES string of the molecule is C1CCCCC1.O=C(O)N[C@@H]1CCC[C@H]1N1CCC(Cc2ccc(Cl)cc2)CC1. The first kappa shape index (κ1) is 22.4. The number of hydrogen-bond donors (Lipinski definition) is 2. The van der Waals surface area contributed by atoms with Gasteiger partial charge in [0.05, 0.1) is 0 Å². The Balaban J connectivity index is 0.000000343. The van der Waals surface area contributed by atoms with Gasteiger partial charge in [-0.2, -0.15) is 0 Å². The minimum Gasteiger partial charge on any atom is -0.465 e. The average Bonchev–Trinajstić information content (AvgIpc) is 3.19. The van der Waals surface area contributed by atoms with Crippen LogP contribution in [0.4, 0.5) is 4.79 Å². The first-order chi connectivity index (χ1) is 14.1. The molecule has 162 valence electrons. The molecule has 0 aromatic heterocycles. The number of hydrogen-bond acceptors (Lipinski definition) is 2. The standard InChI is InChI=1S/C18H25ClN2O2.C6H12/c19-15-6-4-13(5-7-15)12-14-8-10-21(11-9-14)17-3-1-2-16(17)20-18(22)23;1-2-4-6-5-3-1/h4-7,14,16-17,20H,1-3,8-12H2,(H,22,23);1-6H2/t16-,17-;/m1./s1. The van der Waals surface area contributed by atoms with Crippen LogP contribution in [0.1, 0.15) is 76.2 Å². The van der Waals surface area contributed by atoms with Gasteiger partial charge in [0.25, 0.3) is 0 Å². The Labute approximate surface area is 181 Å². The quantitative estimate of drug-likeness (QED) is 0.616. The van der Waals surface area contributed by atoms with Crippen molar-refractivity contribution in [3.63, 3.8) is 0 Å². The molecule has 2 aliphatic carbocycles. The summed E-state index contributed by atoms with van der Waals surface area (Å²) < 4.78 is 0. The van der Waals surface area contributed by atoms with E-state index in [4.69, 9.17) is 16.7 Å². The summed E-state index contributed by atoms with van der Waals surface area (Å²) in [5, 5.41) is 12.5. The van der Waals surface area contributed by atoms with E-state index in [9.17, 15) is 4.79 Å². The fourth-order valence-electron chi connectivity index (χ4n) is 5.21. The summed E-state index contributed by atoms with van der Waals surface area (Å²) in [5.41, 5.74) is 1.36. The van der Waals surface area contributed by atoms with Crippen LogP contribution >= 0.6 is 11.6 Å². The number of likely N-dealkylation sites (tertiary alicyclic amines) is 1. The van der Waals surface area contributed by atoms with Crippen LogP contribution in [0.5, 0.6) is 0 Å². The van der Waals surface area contributed by atoms with Crippen molar-refractivity contribution in [1.29, 1.82) is 0 Å². The van der Waals surface area contributed by atoms with E-state index in [1.165, 1.54) is 56.9 Å². The molecule has 0 unspecified atom stereocenters. The van der Waals surface area contributed by atoms with Crippen LogP contribution in [0.25, 0.3) is 0 Å². The third-order valence-electron chi connectivity index (χ3n) is 6.84. The summed E-state index contributed by atoms with van der Waals surface area (Å²) in [7, 11) is 0. The Hall–Kier alpha value is -1.26. The Morgan fingerprint density at radius 2 is 1.52 bits per heavy atom. The molecule has 1 aliphatic heterocycles. The normalized spacial score (nSPS) is 25.8. The van der Waals surface area contributed by atoms with Crippen LogP contribution in [0, 0.1) is 5.92 Å². The van der Waals surface area contributed by atoms with Gasteiger partial charge in [0.2, 0.25) is 0 Å². The maximum absolute atomic E-state index is 10.9. The Kier molecular flexibility index (Phi) is 9.13. The molecule has 2 saturated carbocycles. The fourth-order valence-corrected chi connectivity index (χ4v) is 5.33. The molecule has 4 rings (SSSR count). The number of rotatable bonds is 4. The molecule has 2 N–H and O–H groups in total. The average molecular weight is 421 g/mol. The van der Waals surface area contributed by atoms with Crippen molar-refractivity contribution in [3.8, 4) is 0 Å². The molecular weight excluding hydrogens is 384 g/mol. The van der Waals surface area contributed by atoms with Gasteiger partial charge in [-0.05, 0) is 75.2 Å². The molecule has 1 heterocycles. The molecule has 29 heavy (non-hydrogen) atoms. The third kappa shape index (κ3) is 7.49. The molecule has 1 aromatic rings. The Morgan fingerprint density at radius 1 is 0.931 bits per heavy atom. The summed E-state index contributed by atoms with van der Waals surface area (Å²) in [6.45, 7) is 2.17. The predicted octanol–water partition coefficient (Wildman–Crippen LogP) is 6.12. The highest BCUT2D eigenvalue weighted by atomic mass is 35.5. The number of nitrogens with one attached hydrogen (secondary N) is 1. The van der Waals surface area contributed by atoms with Crippen molar-refractivity contribution >= 4 is 17.7 Å². The van der Waals surface area contributed by atoms with E-state index in [1.807, 2.05) is 12.1 Å². The first-order valence-corrected chi connectivity index (χ1v) is 12.0. The zero-order valence-electron chi connectivity index (χ0n) is 17.6. The topological polar surface area (TPSA) is 52.6 Å². The molecule has 5 heteroatoms. The third-order valence-corrected chi connectivity index (χ3v) is 7.10. The molecular formula is C24H37ClN2O2. The molecule has 3 fully saturated rings. The highest BCUT2D eigenvalue weighted by molar-refractivity contribution is 6.30. The minimum atomic E-state index is -0.889. The van der Waals surface area contributed by atoms with Crippen LogP contribution in [0.15, 0.2) is 24.3 Å². The van der Waals surface area contributed by atoms with Gasteiger partial charge >= 0.3 is 6.09 Å². The molecule has 4 nitrogen and oxygen atoms in total. The fraction of sp³-hybridized carbons (Fsp3) is 0.708. The van der Waals surface area contributed by atoms with Crippen LogP contribution in [-0.2, 0) is 6.42 Å². The van der Waals surface area contributed by atoms with Gasteiger partial charge in [-0.15, -0.1) is 0 Å². The molecule has 2 atom stereocenters. The van der Waals surface area contributed by atoms with Crippen molar-refractivity contribution in [2.75, 3.05) is 13.1 Å². The van der Waals surface area contributed by atoms with Crippen molar-refractivity contribution in [1.82, 2.24) is 10.2 Å². The monoisotopic (exact) mass is 420 g/mol. The van der Waals surface area contributed by atoms with E-state index in [2.05, 4.69) is 22.3 Å². The van der Waals surface area contributed by atoms with E-state index in [1.54, 1.807) is 0 Å². The molecule has 0 radical (unpaired) electrons. The van der Waals surface area contributed by atoms with Gasteiger partial charge < -0.3 is 10.4 Å². The number of nitrogens with zero attached hydrogens (tertiary/aromatic N) is 1. The molecule has 3 aliphatic rings. The van der Waals surface area contributed by atoms with Gasteiger partial charge in [0.1, 0.15) is 0 Å². The summed E-state index contributed by atoms with van der Waals surface area (Å²) in [5.74, 6) is 0.722. The lowest BCUT2D eigenvalue weighted by Gasteiger charge is -2.38.